The topological polar surface area (TPSA) is 18.5 Å². The van der Waals surface area contributed by atoms with Crippen LogP contribution >= 0.6 is 0 Å². The van der Waals surface area contributed by atoms with Crippen molar-refractivity contribution in [1.29, 1.82) is 0 Å². The Kier molecular flexibility index (Phi) is 7.69. The van der Waals surface area contributed by atoms with E-state index in [0.717, 1.165) is 0 Å². The fourth-order valence-corrected chi connectivity index (χ4v) is 5.44. The van der Waals surface area contributed by atoms with Gasteiger partial charge in [-0.1, -0.05) is 90.1 Å². The summed E-state index contributed by atoms with van der Waals surface area (Å²) in [6, 6.07) is 22.1. The molecule has 3 aromatic carbocycles. The molecule has 0 radical (unpaired) electrons. The third-order valence-corrected chi connectivity index (χ3v) is 16.9. The van der Waals surface area contributed by atoms with Crippen LogP contribution in [0.5, 0.6) is 0 Å². The summed E-state index contributed by atoms with van der Waals surface area (Å²) in [6.07, 6.45) is 0. The molecule has 0 bridgehead atoms. The second-order valence-corrected chi connectivity index (χ2v) is 22.3. The molecular weight excluding hydrogens is 449 g/mol. The van der Waals surface area contributed by atoms with Gasteiger partial charge < -0.3 is 8.85 Å². The van der Waals surface area contributed by atoms with Gasteiger partial charge in [-0.2, -0.15) is 0 Å². The van der Waals surface area contributed by atoms with Crippen molar-refractivity contribution in [2.24, 2.45) is 0 Å². The molecule has 0 aromatic heterocycles. The van der Waals surface area contributed by atoms with E-state index < -0.39 is 16.6 Å². The largest absolute Gasteiger partial charge is 0.413 e. The van der Waals surface area contributed by atoms with Crippen molar-refractivity contribution in [2.45, 2.75) is 91.0 Å². The van der Waals surface area contributed by atoms with Gasteiger partial charge in [0, 0.05) is 0 Å². The Balaban J connectivity index is 2.01. The summed E-state index contributed by atoms with van der Waals surface area (Å²) < 4.78 is 13.2. The number of fused-ring (bicyclic) bond motifs is 1. The molecule has 0 fully saturated rings. The highest BCUT2D eigenvalue weighted by Gasteiger charge is 2.38. The molecule has 3 rings (SSSR count). The van der Waals surface area contributed by atoms with Crippen LogP contribution in [0, 0.1) is 0 Å². The molecule has 0 aliphatic carbocycles. The Morgan fingerprint density at radius 3 is 1.59 bits per heavy atom. The maximum Gasteiger partial charge on any atom is 0.192 e. The van der Waals surface area contributed by atoms with Gasteiger partial charge in [-0.25, -0.2) is 0 Å². The molecule has 0 unspecified atom stereocenters. The van der Waals surface area contributed by atoms with Crippen LogP contribution in [0.1, 0.15) is 52.7 Å². The highest BCUT2D eigenvalue weighted by atomic mass is 28.4. The van der Waals surface area contributed by atoms with Crippen LogP contribution in [-0.4, -0.2) is 16.6 Å². The zero-order chi connectivity index (χ0) is 25.4. The lowest BCUT2D eigenvalue weighted by Gasteiger charge is -2.36. The van der Waals surface area contributed by atoms with Crippen LogP contribution < -0.4 is 0 Å². The Hall–Kier alpha value is -1.73. The first-order chi connectivity index (χ1) is 15.6. The Morgan fingerprint density at radius 2 is 1.09 bits per heavy atom. The van der Waals surface area contributed by atoms with E-state index in [1.165, 1.54) is 33.0 Å². The van der Waals surface area contributed by atoms with E-state index in [-0.39, 0.29) is 10.1 Å². The van der Waals surface area contributed by atoms with Crippen molar-refractivity contribution in [1.82, 2.24) is 0 Å². The average molecular weight is 493 g/mol. The molecule has 3 aromatic rings. The first-order valence-corrected chi connectivity index (χ1v) is 18.3. The molecule has 0 spiro atoms. The molecule has 0 aliphatic rings. The molecule has 0 amide bonds. The van der Waals surface area contributed by atoms with E-state index in [1.54, 1.807) is 0 Å². The molecule has 0 heterocycles. The second-order valence-electron chi connectivity index (χ2n) is 12.7. The van der Waals surface area contributed by atoms with E-state index in [9.17, 15) is 0 Å². The summed E-state index contributed by atoms with van der Waals surface area (Å²) in [4.78, 5) is 0. The molecule has 0 saturated heterocycles. The molecule has 0 saturated carbocycles. The SMILES string of the molecule is CC(C)(C)[Si](C)(C)OCc1cc(CO[Si](C)(C)C(C)(C)C)cc(-c2cccc3ccccc23)c1. The van der Waals surface area contributed by atoms with Crippen LogP contribution in [0.25, 0.3) is 21.9 Å². The van der Waals surface area contributed by atoms with Crippen molar-refractivity contribution in [3.63, 3.8) is 0 Å². The van der Waals surface area contributed by atoms with Gasteiger partial charge in [0.1, 0.15) is 0 Å². The molecule has 0 N–H and O–H groups in total. The molecule has 4 heteroatoms. The number of benzene rings is 3. The van der Waals surface area contributed by atoms with Crippen molar-refractivity contribution in [3.8, 4) is 11.1 Å². The lowest BCUT2D eigenvalue weighted by atomic mass is 9.95. The molecule has 34 heavy (non-hydrogen) atoms. The lowest BCUT2D eigenvalue weighted by Crippen LogP contribution is -2.40. The second kappa shape index (κ2) is 9.73. The standard InChI is InChI=1S/C30H44O2Si2/c1-29(2,3)33(7,8)31-21-23-18-24(22-32-34(9,10)30(4,5)6)20-26(19-23)28-17-13-15-25-14-11-12-16-27(25)28/h11-20H,21-22H2,1-10H3. The average Bonchev–Trinajstić information content (AvgIpc) is 2.74. The summed E-state index contributed by atoms with van der Waals surface area (Å²) in [5, 5.41) is 2.92. The van der Waals surface area contributed by atoms with Gasteiger partial charge in [-0.3, -0.25) is 0 Å². The monoisotopic (exact) mass is 492 g/mol. The van der Waals surface area contributed by atoms with Crippen LogP contribution in [0.3, 0.4) is 0 Å². The van der Waals surface area contributed by atoms with Crippen LogP contribution in [-0.2, 0) is 22.1 Å². The van der Waals surface area contributed by atoms with E-state index in [2.05, 4.69) is 128 Å². The normalized spacial score (nSPS) is 13.5. The van der Waals surface area contributed by atoms with Gasteiger partial charge >= 0.3 is 0 Å². The minimum atomic E-state index is -1.84. The third-order valence-electron chi connectivity index (χ3n) is 7.96. The highest BCUT2D eigenvalue weighted by molar-refractivity contribution is 6.74. The molecule has 2 nitrogen and oxygen atoms in total. The predicted octanol–water partition coefficient (Wildman–Crippen LogP) is 9.55. The maximum absolute atomic E-state index is 6.62. The molecule has 184 valence electrons. The molecule has 0 aliphatic heterocycles. The summed E-state index contributed by atoms with van der Waals surface area (Å²) in [6.45, 7) is 24.3. The summed E-state index contributed by atoms with van der Waals surface area (Å²) in [7, 11) is -3.69. The van der Waals surface area contributed by atoms with Crippen molar-refractivity contribution < 1.29 is 8.85 Å². The maximum atomic E-state index is 6.62. The van der Waals surface area contributed by atoms with E-state index >= 15 is 0 Å². The summed E-state index contributed by atoms with van der Waals surface area (Å²) in [5.74, 6) is 0. The Morgan fingerprint density at radius 1 is 0.618 bits per heavy atom. The number of rotatable bonds is 7. The lowest BCUT2D eigenvalue weighted by molar-refractivity contribution is 0.271. The van der Waals surface area contributed by atoms with Gasteiger partial charge in [-0.05, 0) is 81.4 Å². The fraction of sp³-hybridized carbons (Fsp3) is 0.467. The van der Waals surface area contributed by atoms with Crippen LogP contribution in [0.4, 0.5) is 0 Å². The molecular formula is C30H44O2Si2. The zero-order valence-electron chi connectivity index (χ0n) is 23.0. The van der Waals surface area contributed by atoms with Gasteiger partial charge in [0.2, 0.25) is 0 Å². The predicted molar refractivity (Wildman–Crippen MR) is 153 cm³/mol. The van der Waals surface area contributed by atoms with Gasteiger partial charge in [-0.15, -0.1) is 0 Å². The Labute approximate surface area is 210 Å². The Bertz CT molecular complexity index is 1080. The fourth-order valence-electron chi connectivity index (χ4n) is 3.52. The van der Waals surface area contributed by atoms with Crippen molar-refractivity contribution >= 4 is 27.4 Å². The first-order valence-electron chi connectivity index (χ1n) is 12.5. The van der Waals surface area contributed by atoms with Crippen LogP contribution in [0.15, 0.2) is 60.7 Å². The van der Waals surface area contributed by atoms with Gasteiger partial charge in [0.05, 0.1) is 13.2 Å². The van der Waals surface area contributed by atoms with Crippen LogP contribution in [0.2, 0.25) is 36.3 Å². The van der Waals surface area contributed by atoms with E-state index in [0.29, 0.717) is 13.2 Å². The summed E-state index contributed by atoms with van der Waals surface area (Å²) in [5.41, 5.74) is 4.95. The highest BCUT2D eigenvalue weighted by Crippen LogP contribution is 2.39. The third kappa shape index (κ3) is 6.09. The quantitative estimate of drug-likeness (QED) is 0.306. The number of hydrogen-bond donors (Lipinski definition) is 0. The number of hydrogen-bond acceptors (Lipinski definition) is 2. The smallest absolute Gasteiger partial charge is 0.192 e. The minimum absolute atomic E-state index is 0.189. The molecule has 0 atom stereocenters. The minimum Gasteiger partial charge on any atom is -0.413 e. The first kappa shape index (κ1) is 26.9. The van der Waals surface area contributed by atoms with Crippen molar-refractivity contribution in [2.75, 3.05) is 0 Å². The van der Waals surface area contributed by atoms with E-state index in [4.69, 9.17) is 8.85 Å². The van der Waals surface area contributed by atoms with Gasteiger partial charge in [0.25, 0.3) is 0 Å². The van der Waals surface area contributed by atoms with Gasteiger partial charge in [0.15, 0.2) is 16.6 Å². The van der Waals surface area contributed by atoms with E-state index in [1.807, 2.05) is 0 Å². The zero-order valence-corrected chi connectivity index (χ0v) is 25.0. The van der Waals surface area contributed by atoms with Crippen molar-refractivity contribution in [3.05, 3.63) is 71.8 Å². The summed E-state index contributed by atoms with van der Waals surface area (Å²) >= 11 is 0.